The van der Waals surface area contributed by atoms with Crippen LogP contribution in [0.4, 0.5) is 0 Å². The van der Waals surface area contributed by atoms with E-state index in [2.05, 4.69) is 19.2 Å². The Morgan fingerprint density at radius 2 is 2.05 bits per heavy atom. The van der Waals surface area contributed by atoms with Crippen LogP contribution in [0, 0.1) is 5.92 Å². The fourth-order valence-corrected chi connectivity index (χ4v) is 2.73. The molecule has 0 radical (unpaired) electrons. The molecule has 0 aliphatic heterocycles. The lowest BCUT2D eigenvalue weighted by Crippen LogP contribution is -2.44. The molecule has 0 spiro atoms. The highest BCUT2D eigenvalue weighted by Crippen LogP contribution is 2.31. The number of rotatable bonds is 4. The average Bonchev–Trinajstić information content (AvgIpc) is 2.40. The van der Waals surface area contributed by atoms with Gasteiger partial charge in [0.15, 0.2) is 0 Å². The molecule has 1 unspecified atom stereocenters. The maximum absolute atomic E-state index is 10.5. The highest BCUT2D eigenvalue weighted by Gasteiger charge is 2.31. The van der Waals surface area contributed by atoms with Crippen LogP contribution in [0.15, 0.2) is 24.3 Å². The van der Waals surface area contributed by atoms with Gasteiger partial charge in [0.05, 0.1) is 5.60 Å². The average molecular weight is 263 g/mol. The van der Waals surface area contributed by atoms with Gasteiger partial charge in [0.2, 0.25) is 0 Å². The number of nitrogens with one attached hydrogen (secondary N) is 1. The number of benzene rings is 1. The molecule has 3 nitrogen and oxygen atoms in total. The zero-order valence-corrected chi connectivity index (χ0v) is 11.9. The van der Waals surface area contributed by atoms with Gasteiger partial charge in [0.1, 0.15) is 5.75 Å². The third-order valence-electron chi connectivity index (χ3n) is 4.31. The van der Waals surface area contributed by atoms with Crippen molar-refractivity contribution in [1.29, 1.82) is 0 Å². The van der Waals surface area contributed by atoms with Crippen molar-refractivity contribution in [2.75, 3.05) is 6.54 Å². The van der Waals surface area contributed by atoms with Gasteiger partial charge in [-0.15, -0.1) is 0 Å². The number of phenolic OH excluding ortho intramolecular Hbond substituents is 1. The summed E-state index contributed by atoms with van der Waals surface area (Å²) in [6.07, 6.45) is 3.99. The van der Waals surface area contributed by atoms with Gasteiger partial charge in [-0.05, 0) is 56.2 Å². The van der Waals surface area contributed by atoms with Gasteiger partial charge in [-0.2, -0.15) is 0 Å². The van der Waals surface area contributed by atoms with Crippen molar-refractivity contribution in [2.45, 2.75) is 51.2 Å². The minimum absolute atomic E-state index is 0.135. The Hall–Kier alpha value is -1.06. The van der Waals surface area contributed by atoms with Crippen LogP contribution in [0.3, 0.4) is 0 Å². The Kier molecular flexibility index (Phi) is 4.48. The molecule has 0 saturated heterocycles. The molecule has 19 heavy (non-hydrogen) atoms. The zero-order chi connectivity index (χ0) is 13.9. The molecular formula is C16H25NO2. The molecule has 1 aromatic rings. The van der Waals surface area contributed by atoms with Crippen molar-refractivity contribution in [2.24, 2.45) is 5.92 Å². The standard InChI is InChI=1S/C16H25NO2/c1-12-6-8-16(19,9-7-12)11-17-13(2)14-4-3-5-15(18)10-14/h3-5,10,12-13,17-19H,6-9,11H2,1-2H3. The van der Waals surface area contributed by atoms with Crippen molar-refractivity contribution >= 4 is 0 Å². The largest absolute Gasteiger partial charge is 0.508 e. The van der Waals surface area contributed by atoms with E-state index in [1.165, 1.54) is 0 Å². The lowest BCUT2D eigenvalue weighted by Gasteiger charge is -2.36. The molecule has 0 aromatic heterocycles. The van der Waals surface area contributed by atoms with Crippen LogP contribution in [-0.2, 0) is 0 Å². The van der Waals surface area contributed by atoms with Gasteiger partial charge in [-0.3, -0.25) is 0 Å². The van der Waals surface area contributed by atoms with E-state index < -0.39 is 5.60 Å². The molecule has 1 aliphatic carbocycles. The number of phenols is 1. The Labute approximate surface area is 115 Å². The van der Waals surface area contributed by atoms with E-state index in [0.29, 0.717) is 6.54 Å². The quantitative estimate of drug-likeness (QED) is 0.782. The Bertz CT molecular complexity index is 411. The number of aromatic hydroxyl groups is 1. The molecule has 3 heteroatoms. The Balaban J connectivity index is 1.88. The summed E-state index contributed by atoms with van der Waals surface area (Å²) in [6.45, 7) is 4.93. The minimum atomic E-state index is -0.558. The summed E-state index contributed by atoms with van der Waals surface area (Å²) in [6, 6.07) is 7.41. The predicted octanol–water partition coefficient (Wildman–Crippen LogP) is 2.98. The van der Waals surface area contributed by atoms with Gasteiger partial charge in [-0.1, -0.05) is 19.1 Å². The summed E-state index contributed by atoms with van der Waals surface area (Å²) in [5, 5.41) is 23.4. The van der Waals surface area contributed by atoms with Crippen molar-refractivity contribution in [1.82, 2.24) is 5.32 Å². The molecular weight excluding hydrogens is 238 g/mol. The summed E-state index contributed by atoms with van der Waals surface area (Å²) in [7, 11) is 0. The molecule has 1 aromatic carbocycles. The highest BCUT2D eigenvalue weighted by molar-refractivity contribution is 5.29. The maximum Gasteiger partial charge on any atom is 0.115 e. The fraction of sp³-hybridized carbons (Fsp3) is 0.625. The third kappa shape index (κ3) is 3.95. The summed E-state index contributed by atoms with van der Waals surface area (Å²) >= 11 is 0. The minimum Gasteiger partial charge on any atom is -0.508 e. The van der Waals surface area contributed by atoms with Crippen molar-refractivity contribution in [3.8, 4) is 5.75 Å². The SMILES string of the molecule is CC1CCC(O)(CNC(C)c2cccc(O)c2)CC1. The normalized spacial score (nSPS) is 29.1. The first kappa shape index (κ1) is 14.4. The van der Waals surface area contributed by atoms with Crippen molar-refractivity contribution in [3.05, 3.63) is 29.8 Å². The molecule has 0 amide bonds. The number of aliphatic hydroxyl groups is 1. The van der Waals surface area contributed by atoms with Crippen molar-refractivity contribution in [3.63, 3.8) is 0 Å². The summed E-state index contributed by atoms with van der Waals surface area (Å²) in [5.74, 6) is 1.03. The van der Waals surface area contributed by atoms with E-state index in [-0.39, 0.29) is 11.8 Å². The van der Waals surface area contributed by atoms with E-state index >= 15 is 0 Å². The van der Waals surface area contributed by atoms with E-state index in [1.54, 1.807) is 12.1 Å². The highest BCUT2D eigenvalue weighted by atomic mass is 16.3. The van der Waals surface area contributed by atoms with Crippen LogP contribution >= 0.6 is 0 Å². The second-order valence-electron chi connectivity index (χ2n) is 6.10. The molecule has 1 aliphatic rings. The topological polar surface area (TPSA) is 52.5 Å². The molecule has 106 valence electrons. The maximum atomic E-state index is 10.5. The van der Waals surface area contributed by atoms with E-state index in [0.717, 1.165) is 37.2 Å². The first-order valence-electron chi connectivity index (χ1n) is 7.23. The molecule has 1 atom stereocenters. The van der Waals surface area contributed by atoms with Gasteiger partial charge in [0, 0.05) is 12.6 Å². The monoisotopic (exact) mass is 263 g/mol. The molecule has 2 rings (SSSR count). The van der Waals surface area contributed by atoms with E-state index in [4.69, 9.17) is 0 Å². The van der Waals surface area contributed by atoms with Crippen LogP contribution in [0.5, 0.6) is 5.75 Å². The van der Waals surface area contributed by atoms with Gasteiger partial charge < -0.3 is 15.5 Å². The summed E-state index contributed by atoms with van der Waals surface area (Å²) in [4.78, 5) is 0. The van der Waals surface area contributed by atoms with Crippen LogP contribution in [0.25, 0.3) is 0 Å². The van der Waals surface area contributed by atoms with Gasteiger partial charge >= 0.3 is 0 Å². The van der Waals surface area contributed by atoms with Crippen LogP contribution in [-0.4, -0.2) is 22.4 Å². The summed E-state index contributed by atoms with van der Waals surface area (Å²) in [5.41, 5.74) is 0.491. The first-order chi connectivity index (χ1) is 8.98. The Morgan fingerprint density at radius 3 is 2.68 bits per heavy atom. The van der Waals surface area contributed by atoms with E-state index in [1.807, 2.05) is 12.1 Å². The Morgan fingerprint density at radius 1 is 1.37 bits per heavy atom. The lowest BCUT2D eigenvalue weighted by atomic mass is 9.79. The van der Waals surface area contributed by atoms with Gasteiger partial charge in [-0.25, -0.2) is 0 Å². The number of hydrogen-bond donors (Lipinski definition) is 3. The predicted molar refractivity (Wildman–Crippen MR) is 77.1 cm³/mol. The smallest absolute Gasteiger partial charge is 0.115 e. The molecule has 1 saturated carbocycles. The van der Waals surface area contributed by atoms with Crippen LogP contribution < -0.4 is 5.32 Å². The molecule has 3 N–H and O–H groups in total. The zero-order valence-electron chi connectivity index (χ0n) is 11.9. The first-order valence-corrected chi connectivity index (χ1v) is 7.23. The third-order valence-corrected chi connectivity index (χ3v) is 4.31. The number of hydrogen-bond acceptors (Lipinski definition) is 3. The second kappa shape index (κ2) is 5.93. The van der Waals surface area contributed by atoms with Gasteiger partial charge in [0.25, 0.3) is 0 Å². The lowest BCUT2D eigenvalue weighted by molar-refractivity contribution is -0.00783. The van der Waals surface area contributed by atoms with E-state index in [9.17, 15) is 10.2 Å². The van der Waals surface area contributed by atoms with Crippen LogP contribution in [0.2, 0.25) is 0 Å². The summed E-state index contributed by atoms with van der Waals surface area (Å²) < 4.78 is 0. The van der Waals surface area contributed by atoms with Crippen LogP contribution in [0.1, 0.15) is 51.1 Å². The van der Waals surface area contributed by atoms with Crippen molar-refractivity contribution < 1.29 is 10.2 Å². The molecule has 0 heterocycles. The fourth-order valence-electron chi connectivity index (χ4n) is 2.73. The molecule has 1 fully saturated rings. The molecule has 0 bridgehead atoms. The second-order valence-corrected chi connectivity index (χ2v) is 6.10.